The number of allylic oxidation sites excluding steroid dienone is 1. The fraction of sp³-hybridized carbons (Fsp3) is 0.0667. The van der Waals surface area contributed by atoms with E-state index in [-0.39, 0.29) is 5.56 Å². The predicted octanol–water partition coefficient (Wildman–Crippen LogP) is 2.48. The SMILES string of the molecule is C=C=C(N)/C=C\c1[nH]c(=O)c2ccccc2c1C. The smallest absolute Gasteiger partial charge is 0.256 e. The van der Waals surface area contributed by atoms with Gasteiger partial charge in [-0.2, -0.15) is 0 Å². The number of nitrogens with two attached hydrogens (primary N) is 1. The van der Waals surface area contributed by atoms with E-state index in [0.717, 1.165) is 16.6 Å². The minimum Gasteiger partial charge on any atom is -0.392 e. The van der Waals surface area contributed by atoms with Crippen molar-refractivity contribution in [2.45, 2.75) is 6.92 Å². The normalized spacial score (nSPS) is 10.7. The Morgan fingerprint density at radius 3 is 2.72 bits per heavy atom. The second-order valence-electron chi connectivity index (χ2n) is 4.00. The van der Waals surface area contributed by atoms with Gasteiger partial charge in [-0.25, -0.2) is 0 Å². The van der Waals surface area contributed by atoms with Crippen molar-refractivity contribution in [3.05, 3.63) is 70.0 Å². The molecule has 1 aromatic heterocycles. The average Bonchev–Trinajstić information content (AvgIpc) is 2.41. The number of hydrogen-bond acceptors (Lipinski definition) is 2. The quantitative estimate of drug-likeness (QED) is 0.623. The highest BCUT2D eigenvalue weighted by molar-refractivity contribution is 5.86. The fourth-order valence-corrected chi connectivity index (χ4v) is 1.84. The van der Waals surface area contributed by atoms with Crippen LogP contribution in [0.4, 0.5) is 0 Å². The molecule has 1 aromatic carbocycles. The molecule has 0 saturated carbocycles. The lowest BCUT2D eigenvalue weighted by atomic mass is 10.1. The molecule has 0 aliphatic rings. The molecule has 0 atom stereocenters. The summed E-state index contributed by atoms with van der Waals surface area (Å²) in [6.45, 7) is 5.42. The van der Waals surface area contributed by atoms with E-state index in [1.807, 2.05) is 31.2 Å². The van der Waals surface area contributed by atoms with Crippen molar-refractivity contribution < 1.29 is 0 Å². The summed E-state index contributed by atoms with van der Waals surface area (Å²) < 4.78 is 0. The van der Waals surface area contributed by atoms with E-state index in [9.17, 15) is 4.79 Å². The summed E-state index contributed by atoms with van der Waals surface area (Å²) >= 11 is 0. The van der Waals surface area contributed by atoms with Crippen molar-refractivity contribution in [2.24, 2.45) is 5.73 Å². The molecule has 2 rings (SSSR count). The number of fused-ring (bicyclic) bond motifs is 1. The van der Waals surface area contributed by atoms with Gasteiger partial charge >= 0.3 is 0 Å². The average molecular weight is 238 g/mol. The summed E-state index contributed by atoms with van der Waals surface area (Å²) in [6, 6.07) is 7.52. The molecule has 3 nitrogen and oxygen atoms in total. The number of hydrogen-bond donors (Lipinski definition) is 2. The molecule has 1 heterocycles. The predicted molar refractivity (Wildman–Crippen MR) is 75.2 cm³/mol. The number of benzene rings is 1. The Hall–Kier alpha value is -2.51. The number of aryl methyl sites for hydroxylation is 1. The Labute approximate surface area is 105 Å². The molecule has 0 bridgehead atoms. The first-order chi connectivity index (χ1) is 8.63. The number of H-pyrrole nitrogens is 1. The zero-order chi connectivity index (χ0) is 13.1. The molecule has 0 aliphatic heterocycles. The van der Waals surface area contributed by atoms with Gasteiger partial charge in [0.2, 0.25) is 0 Å². The number of pyridine rings is 1. The van der Waals surface area contributed by atoms with Gasteiger partial charge in [-0.1, -0.05) is 24.8 Å². The van der Waals surface area contributed by atoms with Gasteiger partial charge in [0.25, 0.3) is 5.56 Å². The Kier molecular flexibility index (Phi) is 3.18. The lowest BCUT2D eigenvalue weighted by Crippen LogP contribution is -2.09. The molecule has 18 heavy (non-hydrogen) atoms. The van der Waals surface area contributed by atoms with E-state index >= 15 is 0 Å². The third kappa shape index (κ3) is 2.12. The summed E-state index contributed by atoms with van der Waals surface area (Å²) in [7, 11) is 0. The maximum atomic E-state index is 11.9. The Balaban J connectivity index is 2.67. The summed E-state index contributed by atoms with van der Waals surface area (Å²) in [5.41, 5.74) is 10.3. The van der Waals surface area contributed by atoms with Crippen molar-refractivity contribution in [3.63, 3.8) is 0 Å². The summed E-state index contributed by atoms with van der Waals surface area (Å²) in [5, 5.41) is 1.64. The first-order valence-corrected chi connectivity index (χ1v) is 5.58. The Bertz CT molecular complexity index is 732. The van der Waals surface area contributed by atoms with Crippen molar-refractivity contribution in [3.8, 4) is 0 Å². The minimum atomic E-state index is -0.1000. The monoisotopic (exact) mass is 238 g/mol. The van der Waals surface area contributed by atoms with Crippen LogP contribution in [0.3, 0.4) is 0 Å². The van der Waals surface area contributed by atoms with Crippen LogP contribution in [0.15, 0.2) is 53.1 Å². The first kappa shape index (κ1) is 12.0. The van der Waals surface area contributed by atoms with Crippen molar-refractivity contribution in [1.82, 2.24) is 4.98 Å². The third-order valence-electron chi connectivity index (χ3n) is 2.86. The molecule has 0 aliphatic carbocycles. The highest BCUT2D eigenvalue weighted by atomic mass is 16.1. The molecule has 0 radical (unpaired) electrons. The lowest BCUT2D eigenvalue weighted by Gasteiger charge is -2.05. The van der Waals surface area contributed by atoms with Crippen molar-refractivity contribution in [1.29, 1.82) is 0 Å². The van der Waals surface area contributed by atoms with E-state index < -0.39 is 0 Å². The topological polar surface area (TPSA) is 58.9 Å². The lowest BCUT2D eigenvalue weighted by molar-refractivity contribution is 1.21. The summed E-state index contributed by atoms with van der Waals surface area (Å²) in [6.07, 6.45) is 3.43. The zero-order valence-electron chi connectivity index (χ0n) is 10.2. The molecule has 90 valence electrons. The molecule has 0 unspecified atom stereocenters. The molecular weight excluding hydrogens is 224 g/mol. The van der Waals surface area contributed by atoms with Crippen LogP contribution in [0.25, 0.3) is 16.8 Å². The highest BCUT2D eigenvalue weighted by Gasteiger charge is 2.04. The van der Waals surface area contributed by atoms with Gasteiger partial charge in [0, 0.05) is 11.1 Å². The van der Waals surface area contributed by atoms with Gasteiger partial charge in [-0.3, -0.25) is 4.79 Å². The first-order valence-electron chi connectivity index (χ1n) is 5.58. The largest absolute Gasteiger partial charge is 0.392 e. The molecule has 0 spiro atoms. The van der Waals surface area contributed by atoms with Crippen LogP contribution in [0.1, 0.15) is 11.3 Å². The Morgan fingerprint density at radius 1 is 1.39 bits per heavy atom. The van der Waals surface area contributed by atoms with Crippen LogP contribution < -0.4 is 11.3 Å². The maximum absolute atomic E-state index is 11.9. The van der Waals surface area contributed by atoms with Crippen LogP contribution in [0.5, 0.6) is 0 Å². The number of nitrogens with one attached hydrogen (secondary N) is 1. The number of rotatable bonds is 2. The van der Waals surface area contributed by atoms with Crippen molar-refractivity contribution in [2.75, 3.05) is 0 Å². The minimum absolute atomic E-state index is 0.1000. The third-order valence-corrected chi connectivity index (χ3v) is 2.86. The van der Waals surface area contributed by atoms with Crippen LogP contribution in [-0.2, 0) is 0 Å². The number of aromatic nitrogens is 1. The van der Waals surface area contributed by atoms with Gasteiger partial charge < -0.3 is 10.7 Å². The second kappa shape index (κ2) is 4.78. The summed E-state index contributed by atoms with van der Waals surface area (Å²) in [5.74, 6) is 0. The van der Waals surface area contributed by atoms with Crippen molar-refractivity contribution >= 4 is 16.8 Å². The fourth-order valence-electron chi connectivity index (χ4n) is 1.84. The highest BCUT2D eigenvalue weighted by Crippen LogP contribution is 2.17. The molecule has 0 fully saturated rings. The molecular formula is C15H14N2O. The van der Waals surface area contributed by atoms with Crippen LogP contribution >= 0.6 is 0 Å². The van der Waals surface area contributed by atoms with Crippen LogP contribution in [-0.4, -0.2) is 4.98 Å². The Morgan fingerprint density at radius 2 is 2.06 bits per heavy atom. The molecule has 3 N–H and O–H groups in total. The standard InChI is InChI=1S/C15H14N2O/c1-3-11(16)8-9-14-10(2)12-6-4-5-7-13(12)15(18)17-14/h4-9H,1,16H2,2H3,(H,17,18)/b9-8-. The van der Waals surface area contributed by atoms with Gasteiger partial charge in [0.15, 0.2) is 0 Å². The van der Waals surface area contributed by atoms with Gasteiger partial charge in [0.1, 0.15) is 0 Å². The van der Waals surface area contributed by atoms with Gasteiger partial charge in [-0.15, -0.1) is 5.73 Å². The maximum Gasteiger partial charge on any atom is 0.256 e. The van der Waals surface area contributed by atoms with Crippen LogP contribution in [0, 0.1) is 6.92 Å². The zero-order valence-corrected chi connectivity index (χ0v) is 10.2. The number of aromatic amines is 1. The van der Waals surface area contributed by atoms with E-state index in [4.69, 9.17) is 5.73 Å². The molecule has 2 aromatic rings. The second-order valence-corrected chi connectivity index (χ2v) is 4.00. The van der Waals surface area contributed by atoms with Gasteiger partial charge in [-0.05, 0) is 36.1 Å². The van der Waals surface area contributed by atoms with E-state index in [1.165, 1.54) is 0 Å². The molecule has 0 saturated heterocycles. The molecule has 3 heteroatoms. The van der Waals surface area contributed by atoms with E-state index in [2.05, 4.69) is 17.3 Å². The van der Waals surface area contributed by atoms with E-state index in [0.29, 0.717) is 11.1 Å². The van der Waals surface area contributed by atoms with Crippen LogP contribution in [0.2, 0.25) is 0 Å². The summed E-state index contributed by atoms with van der Waals surface area (Å²) in [4.78, 5) is 14.7. The van der Waals surface area contributed by atoms with E-state index in [1.54, 1.807) is 12.2 Å². The van der Waals surface area contributed by atoms with Gasteiger partial charge in [0.05, 0.1) is 5.70 Å². The molecule has 0 amide bonds.